The van der Waals surface area contributed by atoms with E-state index in [9.17, 15) is 9.59 Å². The highest BCUT2D eigenvalue weighted by atomic mass is 79.9. The molecule has 0 aliphatic heterocycles. The van der Waals surface area contributed by atoms with Gasteiger partial charge in [-0.05, 0) is 29.8 Å². The molecule has 0 radical (unpaired) electrons. The highest BCUT2D eigenvalue weighted by Gasteiger charge is 2.17. The number of rotatable bonds is 5. The van der Waals surface area contributed by atoms with E-state index in [2.05, 4.69) is 31.4 Å². The number of benzene rings is 2. The van der Waals surface area contributed by atoms with Crippen LogP contribution in [0.25, 0.3) is 11.1 Å². The van der Waals surface area contributed by atoms with E-state index < -0.39 is 11.7 Å². The summed E-state index contributed by atoms with van der Waals surface area (Å²) < 4.78 is 12.5. The molecule has 0 spiro atoms. The topological polar surface area (TPSA) is 103 Å². The molecule has 2 heterocycles. The van der Waals surface area contributed by atoms with E-state index in [1.54, 1.807) is 24.3 Å². The van der Waals surface area contributed by atoms with Crippen molar-refractivity contribution in [2.45, 2.75) is 13.1 Å². The number of oxazole rings is 1. The van der Waals surface area contributed by atoms with Gasteiger partial charge in [0.25, 0.3) is 0 Å². The van der Waals surface area contributed by atoms with E-state index >= 15 is 0 Å². The number of fused-ring (bicyclic) bond motifs is 1. The summed E-state index contributed by atoms with van der Waals surface area (Å²) in [5.74, 6) is -0.975. The third kappa shape index (κ3) is 3.68. The van der Waals surface area contributed by atoms with E-state index in [1.165, 1.54) is 4.57 Å². The molecule has 0 saturated carbocycles. The molecule has 27 heavy (non-hydrogen) atoms. The number of nitrogens with zero attached hydrogens (tertiary/aromatic N) is 3. The number of para-hydroxylation sites is 2. The van der Waals surface area contributed by atoms with Gasteiger partial charge in [-0.1, -0.05) is 45.4 Å². The molecule has 0 aliphatic rings. The van der Waals surface area contributed by atoms with E-state index in [0.717, 1.165) is 10.0 Å². The highest BCUT2D eigenvalue weighted by Crippen LogP contribution is 2.13. The molecule has 2 aromatic heterocycles. The van der Waals surface area contributed by atoms with Crippen LogP contribution >= 0.6 is 15.9 Å². The third-order valence-corrected chi connectivity index (χ3v) is 4.37. The summed E-state index contributed by atoms with van der Waals surface area (Å²) in [6, 6.07) is 14.6. The number of aromatic nitrogens is 3. The lowest BCUT2D eigenvalue weighted by atomic mass is 10.2. The zero-order chi connectivity index (χ0) is 18.8. The van der Waals surface area contributed by atoms with Gasteiger partial charge in [-0.2, -0.15) is 4.98 Å². The van der Waals surface area contributed by atoms with Gasteiger partial charge in [-0.15, -0.1) is 0 Å². The predicted octanol–water partition coefficient (Wildman–Crippen LogP) is 2.72. The Morgan fingerprint density at radius 1 is 1.19 bits per heavy atom. The van der Waals surface area contributed by atoms with Crippen LogP contribution < -0.4 is 11.1 Å². The molecule has 9 heteroatoms. The van der Waals surface area contributed by atoms with Crippen molar-refractivity contribution in [1.29, 1.82) is 0 Å². The molecule has 136 valence electrons. The average molecular weight is 429 g/mol. The van der Waals surface area contributed by atoms with Gasteiger partial charge in [0.2, 0.25) is 0 Å². The first-order chi connectivity index (χ1) is 13.1. The van der Waals surface area contributed by atoms with Crippen molar-refractivity contribution in [3.63, 3.8) is 0 Å². The van der Waals surface area contributed by atoms with Crippen molar-refractivity contribution in [1.82, 2.24) is 20.0 Å². The minimum Gasteiger partial charge on any atom is -0.408 e. The summed E-state index contributed by atoms with van der Waals surface area (Å²) in [4.78, 5) is 28.3. The van der Waals surface area contributed by atoms with Crippen LogP contribution in [0.15, 0.2) is 66.7 Å². The Bertz CT molecular complexity index is 1180. The number of amides is 1. The van der Waals surface area contributed by atoms with Gasteiger partial charge in [0.05, 0.1) is 12.1 Å². The van der Waals surface area contributed by atoms with Crippen LogP contribution in [0.2, 0.25) is 0 Å². The fourth-order valence-corrected chi connectivity index (χ4v) is 3.07. The monoisotopic (exact) mass is 428 g/mol. The molecule has 4 aromatic rings. The van der Waals surface area contributed by atoms with E-state index in [0.29, 0.717) is 17.6 Å². The molecule has 2 aromatic carbocycles. The maximum Gasteiger partial charge on any atom is 0.420 e. The van der Waals surface area contributed by atoms with Crippen LogP contribution in [-0.4, -0.2) is 20.6 Å². The summed E-state index contributed by atoms with van der Waals surface area (Å²) in [5, 5.41) is 6.49. The SMILES string of the molecule is O=C(NCc1cccc(Br)c1)c1nc(Cn2c(=O)oc3ccccc32)no1. The predicted molar refractivity (Wildman–Crippen MR) is 99.2 cm³/mol. The Hall–Kier alpha value is -3.20. The van der Waals surface area contributed by atoms with Gasteiger partial charge < -0.3 is 14.3 Å². The van der Waals surface area contributed by atoms with Crippen LogP contribution in [0.4, 0.5) is 0 Å². The average Bonchev–Trinajstić information content (AvgIpc) is 3.25. The summed E-state index contributed by atoms with van der Waals surface area (Å²) in [6.07, 6.45) is 0. The summed E-state index contributed by atoms with van der Waals surface area (Å²) in [5.41, 5.74) is 2.01. The highest BCUT2D eigenvalue weighted by molar-refractivity contribution is 9.10. The first-order valence-electron chi connectivity index (χ1n) is 8.04. The zero-order valence-electron chi connectivity index (χ0n) is 13.9. The first kappa shape index (κ1) is 17.2. The number of carbonyl (C=O) groups is 1. The number of hydrogen-bond acceptors (Lipinski definition) is 6. The summed E-state index contributed by atoms with van der Waals surface area (Å²) in [6.45, 7) is 0.361. The zero-order valence-corrected chi connectivity index (χ0v) is 15.5. The summed E-state index contributed by atoms with van der Waals surface area (Å²) >= 11 is 3.38. The van der Waals surface area contributed by atoms with Crippen molar-refractivity contribution in [2.24, 2.45) is 0 Å². The van der Waals surface area contributed by atoms with Crippen molar-refractivity contribution < 1.29 is 13.7 Å². The maximum absolute atomic E-state index is 12.2. The molecule has 1 N–H and O–H groups in total. The van der Waals surface area contributed by atoms with Crippen LogP contribution in [-0.2, 0) is 13.1 Å². The van der Waals surface area contributed by atoms with Crippen molar-refractivity contribution in [3.8, 4) is 0 Å². The van der Waals surface area contributed by atoms with E-state index in [4.69, 9.17) is 8.94 Å². The Morgan fingerprint density at radius 3 is 2.89 bits per heavy atom. The van der Waals surface area contributed by atoms with Crippen molar-refractivity contribution in [2.75, 3.05) is 0 Å². The van der Waals surface area contributed by atoms with Crippen LogP contribution in [0.1, 0.15) is 22.1 Å². The lowest BCUT2D eigenvalue weighted by Gasteiger charge is -2.02. The number of nitrogens with one attached hydrogen (secondary N) is 1. The normalized spacial score (nSPS) is 11.0. The van der Waals surface area contributed by atoms with E-state index in [1.807, 2.05) is 24.3 Å². The summed E-state index contributed by atoms with van der Waals surface area (Å²) in [7, 11) is 0. The molecule has 0 saturated heterocycles. The van der Waals surface area contributed by atoms with Crippen LogP contribution in [0.3, 0.4) is 0 Å². The van der Waals surface area contributed by atoms with Crippen LogP contribution in [0, 0.1) is 0 Å². The van der Waals surface area contributed by atoms with Gasteiger partial charge >= 0.3 is 17.6 Å². The molecular formula is C18H13BrN4O4. The Balaban J connectivity index is 1.47. The molecule has 4 rings (SSSR count). The largest absolute Gasteiger partial charge is 0.420 e. The molecular weight excluding hydrogens is 416 g/mol. The number of halogens is 1. The smallest absolute Gasteiger partial charge is 0.408 e. The van der Waals surface area contributed by atoms with Gasteiger partial charge in [0.1, 0.15) is 0 Å². The number of carbonyl (C=O) groups excluding carboxylic acids is 1. The second kappa shape index (κ2) is 7.20. The van der Waals surface area contributed by atoms with Crippen molar-refractivity contribution >= 4 is 32.9 Å². The fourth-order valence-electron chi connectivity index (χ4n) is 2.62. The Morgan fingerprint density at radius 2 is 2.04 bits per heavy atom. The molecule has 0 bridgehead atoms. The lowest BCUT2D eigenvalue weighted by molar-refractivity contribution is 0.0907. The van der Waals surface area contributed by atoms with Gasteiger partial charge in [-0.25, -0.2) is 4.79 Å². The lowest BCUT2D eigenvalue weighted by Crippen LogP contribution is -2.23. The Kier molecular flexibility index (Phi) is 4.59. The van der Waals surface area contributed by atoms with Crippen molar-refractivity contribution in [3.05, 3.63) is 80.8 Å². The molecule has 0 atom stereocenters. The standard InChI is InChI=1S/C18H13BrN4O4/c19-12-5-3-4-11(8-12)9-20-16(24)17-21-15(22-27-17)10-23-13-6-1-2-7-14(13)26-18(23)25/h1-8H,9-10H2,(H,20,24). The Labute approximate surface area is 160 Å². The number of hydrogen-bond donors (Lipinski definition) is 1. The second-order valence-corrected chi connectivity index (χ2v) is 6.67. The molecule has 1 amide bonds. The van der Waals surface area contributed by atoms with Gasteiger partial charge in [0, 0.05) is 11.0 Å². The molecule has 0 unspecified atom stereocenters. The molecule has 0 aliphatic carbocycles. The second-order valence-electron chi connectivity index (χ2n) is 5.75. The fraction of sp³-hybridized carbons (Fsp3) is 0.111. The quantitative estimate of drug-likeness (QED) is 0.524. The van der Waals surface area contributed by atoms with Gasteiger partial charge in [0.15, 0.2) is 11.4 Å². The third-order valence-electron chi connectivity index (χ3n) is 3.88. The van der Waals surface area contributed by atoms with E-state index in [-0.39, 0.29) is 18.3 Å². The molecule has 0 fully saturated rings. The minimum absolute atomic E-state index is 0.0399. The van der Waals surface area contributed by atoms with Crippen LogP contribution in [0.5, 0.6) is 0 Å². The first-order valence-corrected chi connectivity index (χ1v) is 8.83. The minimum atomic E-state index is -0.526. The maximum atomic E-state index is 12.2. The molecule has 8 nitrogen and oxygen atoms in total. The van der Waals surface area contributed by atoms with Gasteiger partial charge in [-0.3, -0.25) is 9.36 Å².